The topological polar surface area (TPSA) is 72.2 Å². The van der Waals surface area contributed by atoms with Crippen LogP contribution >= 0.6 is 22.9 Å². The lowest BCUT2D eigenvalue weighted by Gasteiger charge is -2.14. The number of halogens is 1. The number of nitrogens with zero attached hydrogens (tertiary/aromatic N) is 1. The highest BCUT2D eigenvalue weighted by Gasteiger charge is 2.31. The molecule has 1 aliphatic rings. The summed E-state index contributed by atoms with van der Waals surface area (Å²) in [7, 11) is 1.62. The zero-order chi connectivity index (χ0) is 21.3. The Labute approximate surface area is 182 Å². The monoisotopic (exact) mass is 440 g/mol. The minimum atomic E-state index is -0.292. The smallest absolute Gasteiger partial charge is 0.362 e. The molecule has 3 aromatic rings. The third-order valence-electron chi connectivity index (χ3n) is 4.75. The van der Waals surface area contributed by atoms with Crippen LogP contribution in [0.25, 0.3) is 10.4 Å². The quantitative estimate of drug-likeness (QED) is 0.635. The number of aliphatic imine (C=N–C) groups is 1. The highest BCUT2D eigenvalue weighted by Crippen LogP contribution is 2.37. The Kier molecular flexibility index (Phi) is 5.67. The van der Waals surface area contributed by atoms with Gasteiger partial charge in [0.2, 0.25) is 0 Å². The first-order valence-electron chi connectivity index (χ1n) is 9.23. The number of fused-ring (bicyclic) bond motifs is 1. The highest BCUT2D eigenvalue weighted by atomic mass is 35.5. The number of thiophene rings is 1. The number of rotatable bonds is 5. The van der Waals surface area contributed by atoms with E-state index in [0.717, 1.165) is 21.8 Å². The van der Waals surface area contributed by atoms with Gasteiger partial charge in [-0.2, -0.15) is 0 Å². The predicted octanol–water partition coefficient (Wildman–Crippen LogP) is 3.72. The van der Waals surface area contributed by atoms with E-state index in [0.29, 0.717) is 26.2 Å². The first kappa shape index (κ1) is 20.3. The van der Waals surface area contributed by atoms with Crippen LogP contribution in [0, 0.1) is 6.92 Å². The Balaban J connectivity index is 1.47. The zero-order valence-electron chi connectivity index (χ0n) is 16.4. The van der Waals surface area contributed by atoms with E-state index in [1.165, 1.54) is 17.7 Å². The van der Waals surface area contributed by atoms with Crippen LogP contribution in [0.5, 0.6) is 5.75 Å². The van der Waals surface area contributed by atoms with Crippen molar-refractivity contribution >= 4 is 52.5 Å². The minimum Gasteiger partial charge on any atom is -0.497 e. The number of ether oxygens (including phenoxy) is 1. The Morgan fingerprint density at radius 2 is 1.97 bits per heavy atom. The van der Waals surface area contributed by atoms with Crippen LogP contribution in [-0.2, 0) is 4.79 Å². The second-order valence-corrected chi connectivity index (χ2v) is 8.31. The molecule has 4 rings (SSSR count). The molecule has 2 heterocycles. The molecule has 2 amide bonds. The first-order chi connectivity index (χ1) is 14.4. The molecule has 8 heteroatoms. The number of nitrogens with one attached hydrogen (secondary N) is 2. The van der Waals surface area contributed by atoms with E-state index < -0.39 is 0 Å². The van der Waals surface area contributed by atoms with E-state index >= 15 is 0 Å². The second kappa shape index (κ2) is 8.39. The van der Waals surface area contributed by atoms with Gasteiger partial charge < -0.3 is 10.1 Å². The summed E-state index contributed by atoms with van der Waals surface area (Å²) in [6.45, 7) is 1.84. The van der Waals surface area contributed by atoms with E-state index in [2.05, 4.69) is 10.3 Å². The van der Waals surface area contributed by atoms with Crippen molar-refractivity contribution in [3.63, 3.8) is 0 Å². The van der Waals surface area contributed by atoms with Gasteiger partial charge in [0.05, 0.1) is 12.8 Å². The van der Waals surface area contributed by atoms with Gasteiger partial charge in [-0.05, 0) is 60.5 Å². The van der Waals surface area contributed by atoms with Crippen LogP contribution in [0.4, 0.5) is 11.4 Å². The Morgan fingerprint density at radius 3 is 2.67 bits per heavy atom. The average molecular weight is 441 g/mol. The van der Waals surface area contributed by atoms with Gasteiger partial charge in [0, 0.05) is 15.6 Å². The lowest BCUT2D eigenvalue weighted by atomic mass is 10.1. The van der Waals surface area contributed by atoms with Gasteiger partial charge in [0.1, 0.15) is 5.75 Å². The number of carbonyl (C=O) groups is 2. The van der Waals surface area contributed by atoms with Crippen molar-refractivity contribution in [3.05, 3.63) is 64.0 Å². The highest BCUT2D eigenvalue weighted by molar-refractivity contribution is 7.18. The summed E-state index contributed by atoms with van der Waals surface area (Å²) in [5.41, 5.74) is 3.13. The van der Waals surface area contributed by atoms with Crippen molar-refractivity contribution in [1.82, 2.24) is 0 Å². The van der Waals surface area contributed by atoms with E-state index in [4.69, 9.17) is 16.3 Å². The van der Waals surface area contributed by atoms with Crippen LogP contribution in [0.3, 0.4) is 0 Å². The van der Waals surface area contributed by atoms with Crippen LogP contribution in [0.2, 0.25) is 5.02 Å². The number of amides is 2. The molecule has 0 aliphatic carbocycles. The van der Waals surface area contributed by atoms with Gasteiger partial charge in [0.15, 0.2) is 17.8 Å². The Hall–Kier alpha value is -3.00. The molecule has 0 bridgehead atoms. The number of aryl methyl sites for hydroxylation is 1. The van der Waals surface area contributed by atoms with Crippen LogP contribution < -0.4 is 15.0 Å². The lowest BCUT2D eigenvalue weighted by molar-refractivity contribution is -0.694. The molecule has 30 heavy (non-hydrogen) atoms. The van der Waals surface area contributed by atoms with Gasteiger partial charge in [-0.1, -0.05) is 17.7 Å². The molecule has 0 fully saturated rings. The molecule has 6 nitrogen and oxygen atoms in total. The van der Waals surface area contributed by atoms with Gasteiger partial charge in [-0.3, -0.25) is 4.79 Å². The van der Waals surface area contributed by atoms with E-state index in [1.807, 2.05) is 43.3 Å². The van der Waals surface area contributed by atoms with E-state index in [1.54, 1.807) is 19.2 Å². The largest absolute Gasteiger partial charge is 0.497 e. The van der Waals surface area contributed by atoms with Crippen LogP contribution in [-0.4, -0.2) is 31.8 Å². The average Bonchev–Trinajstić information content (AvgIpc) is 3.18. The maximum atomic E-state index is 12.9. The molecule has 0 saturated carbocycles. The number of hydrogen-bond acceptors (Lipinski definition) is 5. The molecule has 0 radical (unpaired) electrons. The summed E-state index contributed by atoms with van der Waals surface area (Å²) in [6, 6.07) is 14.8. The molecular weight excluding hydrogens is 422 g/mol. The maximum absolute atomic E-state index is 12.9. The predicted molar refractivity (Wildman–Crippen MR) is 119 cm³/mol. The van der Waals surface area contributed by atoms with Crippen molar-refractivity contribution in [1.29, 1.82) is 0 Å². The van der Waals surface area contributed by atoms with Crippen LogP contribution in [0.1, 0.15) is 15.2 Å². The number of methoxy groups -OCH3 is 1. The van der Waals surface area contributed by atoms with Crippen molar-refractivity contribution in [2.45, 2.75) is 6.92 Å². The summed E-state index contributed by atoms with van der Waals surface area (Å²) in [5, 5.41) is 3.35. The molecule has 1 aromatic heterocycles. The molecule has 1 aliphatic heterocycles. The Morgan fingerprint density at radius 1 is 1.20 bits per heavy atom. The summed E-state index contributed by atoms with van der Waals surface area (Å²) in [5.74, 6) is 0.313. The fourth-order valence-electron chi connectivity index (χ4n) is 3.06. The molecule has 1 unspecified atom stereocenters. The lowest BCUT2D eigenvalue weighted by Crippen LogP contribution is -3.15. The molecule has 0 spiro atoms. The van der Waals surface area contributed by atoms with Gasteiger partial charge >= 0.3 is 5.91 Å². The minimum absolute atomic E-state index is 0.0525. The number of carbonyl (C=O) groups excluding carboxylic acids is 2. The summed E-state index contributed by atoms with van der Waals surface area (Å²) in [4.78, 5) is 31.6. The van der Waals surface area contributed by atoms with Gasteiger partial charge in [0.25, 0.3) is 5.91 Å². The first-order valence-corrected chi connectivity index (χ1v) is 10.4. The van der Waals surface area contributed by atoms with Gasteiger partial charge in [-0.15, -0.1) is 11.3 Å². The maximum Gasteiger partial charge on any atom is 0.362 e. The zero-order valence-corrected chi connectivity index (χ0v) is 17.9. The number of hydrogen-bond donors (Lipinski definition) is 2. The summed E-state index contributed by atoms with van der Waals surface area (Å²) < 4.78 is 5.19. The Bertz CT molecular complexity index is 1150. The number of quaternary nitrogens is 1. The summed E-state index contributed by atoms with van der Waals surface area (Å²) >= 11 is 7.48. The van der Waals surface area contributed by atoms with Crippen molar-refractivity contribution in [3.8, 4) is 16.2 Å². The standard InChI is InChI=1S/C22H18ClN3O3S/c1-13-3-6-15(9-17(13)23)25-20(27)11-26-12-24-18-10-19(30-21(18)22(26)28)14-4-7-16(29-2)8-5-14/h3-10,12H,11H2,1-2H3,(H,25,27)/p+1. The third kappa shape index (κ3) is 4.14. The van der Waals surface area contributed by atoms with Crippen LogP contribution in [0.15, 0.2) is 53.5 Å². The number of anilines is 1. The van der Waals surface area contributed by atoms with Gasteiger partial charge in [-0.25, -0.2) is 14.7 Å². The van der Waals surface area contributed by atoms with Crippen molar-refractivity contribution < 1.29 is 19.2 Å². The SMILES string of the molecule is COc1ccc(-c2cc3c(s2)C(=O)[NH+](CC(=O)Nc2ccc(C)c(Cl)c2)C=N3)cc1. The molecule has 152 valence electrons. The fraction of sp³-hybridized carbons (Fsp3) is 0.136. The summed E-state index contributed by atoms with van der Waals surface area (Å²) in [6.07, 6.45) is 1.48. The van der Waals surface area contributed by atoms with Crippen molar-refractivity contribution in [2.24, 2.45) is 4.99 Å². The molecule has 2 N–H and O–H groups in total. The molecular formula is C22H19ClN3O3S+. The third-order valence-corrected chi connectivity index (χ3v) is 6.33. The number of benzene rings is 2. The van der Waals surface area contributed by atoms with E-state index in [-0.39, 0.29) is 18.4 Å². The molecule has 1 atom stereocenters. The van der Waals surface area contributed by atoms with E-state index in [9.17, 15) is 9.59 Å². The molecule has 0 saturated heterocycles. The van der Waals surface area contributed by atoms with Crippen molar-refractivity contribution in [2.75, 3.05) is 19.0 Å². The fourth-order valence-corrected chi connectivity index (χ4v) is 4.33. The normalized spacial score (nSPS) is 15.0. The second-order valence-electron chi connectivity index (χ2n) is 6.85. The molecule has 2 aromatic carbocycles.